The Morgan fingerprint density at radius 1 is 1.33 bits per heavy atom. The van der Waals surface area contributed by atoms with Crippen LogP contribution in [0.15, 0.2) is 12.1 Å². The van der Waals surface area contributed by atoms with E-state index in [-0.39, 0.29) is 16.5 Å². The third kappa shape index (κ3) is 5.60. The van der Waals surface area contributed by atoms with E-state index in [1.807, 2.05) is 20.8 Å². The minimum absolute atomic E-state index is 0.134. The lowest BCUT2D eigenvalue weighted by molar-refractivity contribution is -0.139. The molecule has 0 saturated carbocycles. The van der Waals surface area contributed by atoms with Crippen LogP contribution in [-0.2, 0) is 4.79 Å². The molecule has 0 fully saturated rings. The summed E-state index contributed by atoms with van der Waals surface area (Å²) in [6, 6.07) is 1.97. The number of methoxy groups -OCH3 is 1. The Labute approximate surface area is 147 Å². The fourth-order valence-electron chi connectivity index (χ4n) is 2.13. The number of carboxylic acids is 1. The highest BCUT2D eigenvalue weighted by Crippen LogP contribution is 2.36. The molecule has 0 spiro atoms. The third-order valence-corrected chi connectivity index (χ3v) is 3.53. The Bertz CT molecular complexity index is 589. The van der Waals surface area contributed by atoms with E-state index in [2.05, 4.69) is 5.32 Å². The normalized spacial score (nSPS) is 11.9. The van der Waals surface area contributed by atoms with Crippen LogP contribution >= 0.6 is 11.6 Å². The van der Waals surface area contributed by atoms with Gasteiger partial charge in [0.15, 0.2) is 11.5 Å². The number of benzene rings is 1. The Hall–Kier alpha value is -1.95. The smallest absolute Gasteiger partial charge is 0.326 e. The van der Waals surface area contributed by atoms with Gasteiger partial charge >= 0.3 is 5.97 Å². The van der Waals surface area contributed by atoms with Crippen molar-refractivity contribution in [3.63, 3.8) is 0 Å². The van der Waals surface area contributed by atoms with Crippen LogP contribution in [0.1, 0.15) is 44.0 Å². The molecule has 1 amide bonds. The van der Waals surface area contributed by atoms with E-state index in [0.717, 1.165) is 6.42 Å². The maximum Gasteiger partial charge on any atom is 0.326 e. The van der Waals surface area contributed by atoms with Crippen LogP contribution in [0.25, 0.3) is 0 Å². The molecule has 2 N–H and O–H groups in total. The number of carbonyl (C=O) groups is 2. The standard InChI is InChI=1S/C17H24ClNO5/c1-5-6-24-15-12(18)8-11(9-14(15)23-4)16(20)19-13(17(21)22)7-10(2)3/h8-10,13H,5-7H2,1-4H3,(H,19,20)(H,21,22)/t13-/m1/s1. The average Bonchev–Trinajstić information content (AvgIpc) is 2.51. The van der Waals surface area contributed by atoms with Crippen molar-refractivity contribution in [2.45, 2.75) is 39.7 Å². The number of hydrogen-bond donors (Lipinski definition) is 2. The van der Waals surface area contributed by atoms with Gasteiger partial charge in [0, 0.05) is 5.56 Å². The zero-order chi connectivity index (χ0) is 18.3. The van der Waals surface area contributed by atoms with Crippen LogP contribution in [0.4, 0.5) is 0 Å². The zero-order valence-corrected chi connectivity index (χ0v) is 15.1. The molecule has 0 saturated heterocycles. The summed E-state index contributed by atoms with van der Waals surface area (Å²) in [6.45, 7) is 6.21. The second kappa shape index (κ2) is 9.37. The maximum absolute atomic E-state index is 12.4. The molecular formula is C17H24ClNO5. The number of carbonyl (C=O) groups excluding carboxylic acids is 1. The van der Waals surface area contributed by atoms with Gasteiger partial charge in [-0.15, -0.1) is 0 Å². The summed E-state index contributed by atoms with van der Waals surface area (Å²) >= 11 is 6.18. The van der Waals surface area contributed by atoms with Crippen molar-refractivity contribution in [3.8, 4) is 11.5 Å². The molecular weight excluding hydrogens is 334 g/mol. The molecule has 1 aromatic rings. The van der Waals surface area contributed by atoms with Gasteiger partial charge in [-0.05, 0) is 30.9 Å². The van der Waals surface area contributed by atoms with Gasteiger partial charge in [0.25, 0.3) is 5.91 Å². The first-order valence-corrected chi connectivity index (χ1v) is 8.21. The lowest BCUT2D eigenvalue weighted by Gasteiger charge is -2.18. The fourth-order valence-corrected chi connectivity index (χ4v) is 2.39. The summed E-state index contributed by atoms with van der Waals surface area (Å²) in [5, 5.41) is 12.0. The van der Waals surface area contributed by atoms with Crippen LogP contribution in [0.5, 0.6) is 11.5 Å². The van der Waals surface area contributed by atoms with Gasteiger partial charge < -0.3 is 19.9 Å². The van der Waals surface area contributed by atoms with Gasteiger partial charge in [-0.2, -0.15) is 0 Å². The molecule has 0 aliphatic carbocycles. The van der Waals surface area contributed by atoms with Crippen LogP contribution in [0, 0.1) is 5.92 Å². The summed E-state index contributed by atoms with van der Waals surface area (Å²) in [6.07, 6.45) is 1.14. The highest BCUT2D eigenvalue weighted by molar-refractivity contribution is 6.32. The molecule has 1 aromatic carbocycles. The number of nitrogens with one attached hydrogen (secondary N) is 1. The minimum atomic E-state index is -1.07. The van der Waals surface area contributed by atoms with Crippen molar-refractivity contribution in [3.05, 3.63) is 22.7 Å². The van der Waals surface area contributed by atoms with Crippen LogP contribution in [-0.4, -0.2) is 36.7 Å². The molecule has 7 heteroatoms. The zero-order valence-electron chi connectivity index (χ0n) is 14.4. The molecule has 0 aliphatic rings. The van der Waals surface area contributed by atoms with Gasteiger partial charge in [0.1, 0.15) is 6.04 Å². The van der Waals surface area contributed by atoms with Crippen molar-refractivity contribution in [1.29, 1.82) is 0 Å². The van der Waals surface area contributed by atoms with Crippen molar-refractivity contribution >= 4 is 23.5 Å². The summed E-state index contributed by atoms with van der Waals surface area (Å²) in [5.41, 5.74) is 0.218. The van der Waals surface area contributed by atoms with Crippen molar-refractivity contribution in [2.24, 2.45) is 5.92 Å². The number of halogens is 1. The van der Waals surface area contributed by atoms with E-state index < -0.39 is 17.9 Å². The average molecular weight is 358 g/mol. The predicted molar refractivity (Wildman–Crippen MR) is 92.1 cm³/mol. The van der Waals surface area contributed by atoms with Crippen molar-refractivity contribution in [1.82, 2.24) is 5.32 Å². The van der Waals surface area contributed by atoms with Crippen molar-refractivity contribution < 1.29 is 24.2 Å². The largest absolute Gasteiger partial charge is 0.493 e. The Kier molecular flexibility index (Phi) is 7.85. The lowest BCUT2D eigenvalue weighted by atomic mass is 10.0. The Morgan fingerprint density at radius 2 is 2.00 bits per heavy atom. The number of aliphatic carboxylic acids is 1. The maximum atomic E-state index is 12.4. The van der Waals surface area contributed by atoms with Crippen LogP contribution in [0.3, 0.4) is 0 Å². The van der Waals surface area contributed by atoms with Gasteiger partial charge in [0.2, 0.25) is 0 Å². The SMILES string of the molecule is CCCOc1c(Cl)cc(C(=O)N[C@H](CC(C)C)C(=O)O)cc1OC. The van der Waals surface area contributed by atoms with E-state index >= 15 is 0 Å². The predicted octanol–water partition coefficient (Wildman–Crippen LogP) is 3.37. The Morgan fingerprint density at radius 3 is 2.50 bits per heavy atom. The number of amides is 1. The molecule has 0 radical (unpaired) electrons. The number of rotatable bonds is 9. The van der Waals surface area contributed by atoms with Crippen molar-refractivity contribution in [2.75, 3.05) is 13.7 Å². The van der Waals surface area contributed by atoms with Crippen LogP contribution < -0.4 is 14.8 Å². The fraction of sp³-hybridized carbons (Fsp3) is 0.529. The highest BCUT2D eigenvalue weighted by Gasteiger charge is 2.23. The number of ether oxygens (including phenoxy) is 2. The van der Waals surface area contributed by atoms with E-state index in [0.29, 0.717) is 24.5 Å². The number of carboxylic acid groups (broad SMARTS) is 1. The van der Waals surface area contributed by atoms with E-state index in [9.17, 15) is 14.7 Å². The van der Waals surface area contributed by atoms with Gasteiger partial charge in [-0.25, -0.2) is 4.79 Å². The highest BCUT2D eigenvalue weighted by atomic mass is 35.5. The first-order chi connectivity index (χ1) is 11.3. The molecule has 0 heterocycles. The molecule has 1 rings (SSSR count). The molecule has 0 aromatic heterocycles. The molecule has 0 bridgehead atoms. The van der Waals surface area contributed by atoms with E-state index in [1.54, 1.807) is 0 Å². The quantitative estimate of drug-likeness (QED) is 0.707. The molecule has 0 aliphatic heterocycles. The van der Waals surface area contributed by atoms with Crippen LogP contribution in [0.2, 0.25) is 5.02 Å². The lowest BCUT2D eigenvalue weighted by Crippen LogP contribution is -2.41. The molecule has 134 valence electrons. The monoisotopic (exact) mass is 357 g/mol. The molecule has 6 nitrogen and oxygen atoms in total. The first-order valence-electron chi connectivity index (χ1n) is 7.84. The Balaban J connectivity index is 3.02. The summed E-state index contributed by atoms with van der Waals surface area (Å²) in [4.78, 5) is 23.6. The second-order valence-corrected chi connectivity index (χ2v) is 6.24. The van der Waals surface area contributed by atoms with Gasteiger partial charge in [-0.1, -0.05) is 32.4 Å². The minimum Gasteiger partial charge on any atom is -0.493 e. The van der Waals surface area contributed by atoms with Gasteiger partial charge in [0.05, 0.1) is 18.7 Å². The summed E-state index contributed by atoms with van der Waals surface area (Å²) in [7, 11) is 1.45. The topological polar surface area (TPSA) is 84.9 Å². The summed E-state index contributed by atoms with van der Waals surface area (Å²) < 4.78 is 10.8. The van der Waals surface area contributed by atoms with E-state index in [1.165, 1.54) is 19.2 Å². The van der Waals surface area contributed by atoms with Gasteiger partial charge in [-0.3, -0.25) is 4.79 Å². The molecule has 24 heavy (non-hydrogen) atoms. The summed E-state index contributed by atoms with van der Waals surface area (Å²) in [5.74, 6) is -0.760. The van der Waals surface area contributed by atoms with E-state index in [4.69, 9.17) is 21.1 Å². The number of hydrogen-bond acceptors (Lipinski definition) is 4. The molecule has 1 atom stereocenters. The first kappa shape index (κ1) is 20.1. The molecule has 0 unspecified atom stereocenters. The second-order valence-electron chi connectivity index (χ2n) is 5.83. The third-order valence-electron chi connectivity index (χ3n) is 3.25.